The lowest BCUT2D eigenvalue weighted by atomic mass is 10.1. The highest BCUT2D eigenvalue weighted by atomic mass is 32.2. The monoisotopic (exact) mass is 322 g/mol. The Morgan fingerprint density at radius 3 is 2.77 bits per heavy atom. The number of thioether (sulfide) groups is 1. The molecule has 5 nitrogen and oxygen atoms in total. The van der Waals surface area contributed by atoms with Crippen LogP contribution in [0.4, 0.5) is 5.69 Å². The lowest BCUT2D eigenvalue weighted by Gasteiger charge is -2.25. The molecule has 120 valence electrons. The Hall–Kier alpha value is -1.53. The first-order chi connectivity index (χ1) is 10.4. The van der Waals surface area contributed by atoms with E-state index in [1.54, 1.807) is 23.6 Å². The van der Waals surface area contributed by atoms with E-state index in [1.807, 2.05) is 32.0 Å². The second kappa shape index (κ2) is 7.15. The average Bonchev–Trinajstić information content (AvgIpc) is 2.98. The number of ether oxygens (including phenoxy) is 1. The molecule has 0 spiro atoms. The minimum absolute atomic E-state index is 0.145. The van der Waals surface area contributed by atoms with Crippen LogP contribution in [0.5, 0.6) is 0 Å². The van der Waals surface area contributed by atoms with Gasteiger partial charge in [-0.3, -0.25) is 9.59 Å². The van der Waals surface area contributed by atoms with Gasteiger partial charge < -0.3 is 15.0 Å². The van der Waals surface area contributed by atoms with Crippen LogP contribution in [0.25, 0.3) is 0 Å². The summed E-state index contributed by atoms with van der Waals surface area (Å²) < 4.78 is 5.07. The van der Waals surface area contributed by atoms with Crippen molar-refractivity contribution in [2.45, 2.75) is 32.9 Å². The quantitative estimate of drug-likeness (QED) is 0.923. The highest BCUT2D eigenvalue weighted by molar-refractivity contribution is 7.99. The number of benzene rings is 1. The van der Waals surface area contributed by atoms with E-state index in [9.17, 15) is 9.59 Å². The third-order valence-electron chi connectivity index (χ3n) is 3.81. The van der Waals surface area contributed by atoms with Gasteiger partial charge in [-0.05, 0) is 32.4 Å². The molecule has 22 heavy (non-hydrogen) atoms. The van der Waals surface area contributed by atoms with E-state index >= 15 is 0 Å². The molecule has 2 atom stereocenters. The van der Waals surface area contributed by atoms with Crippen molar-refractivity contribution in [3.05, 3.63) is 29.3 Å². The normalized spacial score (nSPS) is 19.1. The topological polar surface area (TPSA) is 58.6 Å². The maximum absolute atomic E-state index is 12.5. The van der Waals surface area contributed by atoms with E-state index in [1.165, 1.54) is 7.11 Å². The summed E-state index contributed by atoms with van der Waals surface area (Å²) >= 11 is 1.58. The lowest BCUT2D eigenvalue weighted by molar-refractivity contribution is -0.144. The van der Waals surface area contributed by atoms with Crippen molar-refractivity contribution in [2.24, 2.45) is 0 Å². The zero-order valence-corrected chi connectivity index (χ0v) is 14.2. The zero-order chi connectivity index (χ0) is 16.3. The van der Waals surface area contributed by atoms with Gasteiger partial charge >= 0.3 is 0 Å². The first kappa shape index (κ1) is 16.8. The van der Waals surface area contributed by atoms with E-state index in [-0.39, 0.29) is 11.8 Å². The zero-order valence-electron chi connectivity index (χ0n) is 13.4. The molecule has 1 fully saturated rings. The molecule has 1 heterocycles. The van der Waals surface area contributed by atoms with Crippen molar-refractivity contribution >= 4 is 29.3 Å². The summed E-state index contributed by atoms with van der Waals surface area (Å²) in [5.74, 6) is 0.845. The van der Waals surface area contributed by atoms with Crippen LogP contribution in [0, 0.1) is 13.8 Å². The average molecular weight is 322 g/mol. The van der Waals surface area contributed by atoms with Gasteiger partial charge in [0.05, 0.1) is 5.88 Å². The van der Waals surface area contributed by atoms with Gasteiger partial charge in [0.1, 0.15) is 12.1 Å². The molecule has 2 unspecified atom stereocenters. The molecule has 1 aliphatic heterocycles. The van der Waals surface area contributed by atoms with E-state index in [4.69, 9.17) is 4.74 Å². The van der Waals surface area contributed by atoms with Crippen LogP contribution in [0.1, 0.15) is 18.1 Å². The molecule has 0 radical (unpaired) electrons. The van der Waals surface area contributed by atoms with E-state index < -0.39 is 12.1 Å². The first-order valence-electron chi connectivity index (χ1n) is 7.23. The number of carbonyl (C=O) groups is 2. The molecule has 0 aliphatic carbocycles. The highest BCUT2D eigenvalue weighted by Crippen LogP contribution is 2.24. The van der Waals surface area contributed by atoms with Gasteiger partial charge in [-0.15, -0.1) is 11.8 Å². The fraction of sp³-hybridized carbons (Fsp3) is 0.500. The summed E-state index contributed by atoms with van der Waals surface area (Å²) in [7, 11) is 1.50. The third-order valence-corrected chi connectivity index (χ3v) is 4.82. The van der Waals surface area contributed by atoms with Crippen molar-refractivity contribution in [3.8, 4) is 0 Å². The van der Waals surface area contributed by atoms with Gasteiger partial charge in [0.2, 0.25) is 5.91 Å². The minimum atomic E-state index is -0.532. The van der Waals surface area contributed by atoms with Crippen LogP contribution in [0.2, 0.25) is 0 Å². The second-order valence-electron chi connectivity index (χ2n) is 5.51. The Bertz CT molecular complexity index is 577. The van der Waals surface area contributed by atoms with E-state index in [0.717, 1.165) is 16.8 Å². The van der Waals surface area contributed by atoms with E-state index in [2.05, 4.69) is 5.32 Å². The van der Waals surface area contributed by atoms with Crippen LogP contribution >= 0.6 is 11.8 Å². The maximum Gasteiger partial charge on any atom is 0.252 e. The van der Waals surface area contributed by atoms with Gasteiger partial charge in [-0.25, -0.2) is 0 Å². The van der Waals surface area contributed by atoms with Crippen LogP contribution in [-0.2, 0) is 14.3 Å². The summed E-state index contributed by atoms with van der Waals surface area (Å²) in [6, 6.07) is 5.43. The van der Waals surface area contributed by atoms with Crippen LogP contribution in [-0.4, -0.2) is 47.6 Å². The molecule has 1 N–H and O–H groups in total. The Kier molecular flexibility index (Phi) is 5.47. The molecule has 0 aromatic heterocycles. The molecule has 1 aromatic carbocycles. The molecule has 6 heteroatoms. The van der Waals surface area contributed by atoms with Gasteiger partial charge in [0.15, 0.2) is 0 Å². The molecule has 1 aliphatic rings. The first-order valence-corrected chi connectivity index (χ1v) is 8.38. The summed E-state index contributed by atoms with van der Waals surface area (Å²) in [5.41, 5.74) is 2.96. The minimum Gasteiger partial charge on any atom is -0.372 e. The Balaban J connectivity index is 2.09. The predicted molar refractivity (Wildman–Crippen MR) is 89.0 cm³/mol. The number of anilines is 1. The van der Waals surface area contributed by atoms with Gasteiger partial charge in [-0.1, -0.05) is 17.7 Å². The van der Waals surface area contributed by atoms with Gasteiger partial charge in [0.25, 0.3) is 5.91 Å². The number of methoxy groups -OCH3 is 1. The number of hydrogen-bond donors (Lipinski definition) is 1. The number of carbonyl (C=O) groups excluding carboxylic acids is 2. The van der Waals surface area contributed by atoms with Crippen molar-refractivity contribution < 1.29 is 14.3 Å². The Morgan fingerprint density at radius 1 is 1.41 bits per heavy atom. The fourth-order valence-corrected chi connectivity index (χ4v) is 3.55. The van der Waals surface area contributed by atoms with Gasteiger partial charge in [0, 0.05) is 18.6 Å². The number of hydrogen-bond acceptors (Lipinski definition) is 4. The standard InChI is InChI=1S/C16H22N2O3S/c1-10-5-6-13(11(2)7-10)17-15(19)14-8-22-9-18(14)16(20)12(3)21-4/h5-7,12,14H,8-9H2,1-4H3,(H,17,19). The lowest BCUT2D eigenvalue weighted by Crippen LogP contribution is -2.48. The van der Waals surface area contributed by atoms with Crippen molar-refractivity contribution in [1.29, 1.82) is 0 Å². The molecular formula is C16H22N2O3S. The third kappa shape index (κ3) is 3.62. The van der Waals surface area contributed by atoms with Crippen LogP contribution in [0.3, 0.4) is 0 Å². The molecule has 0 bridgehead atoms. The highest BCUT2D eigenvalue weighted by Gasteiger charge is 2.36. The molecule has 1 aromatic rings. The van der Waals surface area contributed by atoms with Crippen LogP contribution < -0.4 is 5.32 Å². The fourth-order valence-electron chi connectivity index (χ4n) is 2.38. The molecule has 2 rings (SSSR count). The van der Waals surface area contributed by atoms with Crippen molar-refractivity contribution in [2.75, 3.05) is 24.1 Å². The largest absolute Gasteiger partial charge is 0.372 e. The Labute approximate surface area is 135 Å². The summed E-state index contributed by atoms with van der Waals surface area (Å²) in [5, 5.41) is 2.93. The SMILES string of the molecule is COC(C)C(=O)N1CSCC1C(=O)Nc1ccc(C)cc1C. The summed E-state index contributed by atoms with van der Waals surface area (Å²) in [6.45, 7) is 5.67. The Morgan fingerprint density at radius 2 is 2.14 bits per heavy atom. The number of nitrogens with zero attached hydrogens (tertiary/aromatic N) is 1. The van der Waals surface area contributed by atoms with Crippen molar-refractivity contribution in [3.63, 3.8) is 0 Å². The summed E-state index contributed by atoms with van der Waals surface area (Å²) in [4.78, 5) is 26.4. The van der Waals surface area contributed by atoms with E-state index in [0.29, 0.717) is 11.6 Å². The maximum atomic E-state index is 12.5. The predicted octanol–water partition coefficient (Wildman–Crippen LogP) is 2.18. The summed E-state index contributed by atoms with van der Waals surface area (Å²) in [6.07, 6.45) is -0.532. The smallest absolute Gasteiger partial charge is 0.252 e. The number of rotatable bonds is 4. The second-order valence-corrected chi connectivity index (χ2v) is 6.51. The van der Waals surface area contributed by atoms with Crippen molar-refractivity contribution in [1.82, 2.24) is 4.90 Å². The molecule has 1 saturated heterocycles. The molecule has 2 amide bonds. The number of amides is 2. The van der Waals surface area contributed by atoms with Gasteiger partial charge in [-0.2, -0.15) is 0 Å². The number of aryl methyl sites for hydroxylation is 2. The molecular weight excluding hydrogens is 300 g/mol. The number of nitrogens with one attached hydrogen (secondary N) is 1. The van der Waals surface area contributed by atoms with Crippen LogP contribution in [0.15, 0.2) is 18.2 Å². The molecule has 0 saturated carbocycles.